The molecule has 0 saturated heterocycles. The third-order valence-corrected chi connectivity index (χ3v) is 2.33. The molecule has 0 spiro atoms. The highest BCUT2D eigenvalue weighted by molar-refractivity contribution is 5.67. The van der Waals surface area contributed by atoms with Crippen LogP contribution in [0.2, 0.25) is 0 Å². The van der Waals surface area contributed by atoms with Crippen LogP contribution >= 0.6 is 0 Å². The molecule has 0 saturated carbocycles. The smallest absolute Gasteiger partial charge is 0.133 e. The van der Waals surface area contributed by atoms with Crippen molar-refractivity contribution in [2.45, 2.75) is 0 Å². The van der Waals surface area contributed by atoms with Gasteiger partial charge in [-0.3, -0.25) is 0 Å². The summed E-state index contributed by atoms with van der Waals surface area (Å²) in [6, 6.07) is 9.66. The third kappa shape index (κ3) is 2.23. The normalized spacial score (nSPS) is 9.94. The van der Waals surface area contributed by atoms with Gasteiger partial charge < -0.3 is 5.73 Å². The van der Waals surface area contributed by atoms with Crippen LogP contribution in [0.15, 0.2) is 36.4 Å². The fourth-order valence-electron chi connectivity index (χ4n) is 1.58. The number of rotatable bonds is 1. The lowest BCUT2D eigenvalue weighted by molar-refractivity contribution is 0.624. The molecule has 0 amide bonds. The van der Waals surface area contributed by atoms with Crippen molar-refractivity contribution in [3.63, 3.8) is 0 Å². The molecule has 0 atom stereocenters. The van der Waals surface area contributed by atoms with E-state index in [1.807, 2.05) is 6.07 Å². The maximum atomic E-state index is 13.6. The van der Waals surface area contributed by atoms with Crippen molar-refractivity contribution in [1.82, 2.24) is 0 Å². The molecule has 0 aliphatic carbocycles. The molecule has 0 unspecified atom stereocenters. The number of anilines is 1. The number of nitriles is 1. The Morgan fingerprint density at radius 3 is 2.47 bits per heavy atom. The number of halogens is 2. The summed E-state index contributed by atoms with van der Waals surface area (Å²) in [5.74, 6) is -1.12. The molecule has 2 nitrogen and oxygen atoms in total. The number of nitrogens with two attached hydrogens (primary N) is 1. The second kappa shape index (κ2) is 4.22. The number of benzene rings is 2. The summed E-state index contributed by atoms with van der Waals surface area (Å²) in [6.45, 7) is 0. The van der Waals surface area contributed by atoms with Gasteiger partial charge in [0, 0.05) is 11.3 Å². The minimum Gasteiger partial charge on any atom is -0.399 e. The fraction of sp³-hybridized carbons (Fsp3) is 0. The Kier molecular flexibility index (Phi) is 2.75. The van der Waals surface area contributed by atoms with E-state index in [4.69, 9.17) is 11.0 Å². The summed E-state index contributed by atoms with van der Waals surface area (Å²) >= 11 is 0. The van der Waals surface area contributed by atoms with Crippen LogP contribution in [0.5, 0.6) is 0 Å². The van der Waals surface area contributed by atoms with Crippen molar-refractivity contribution in [2.75, 3.05) is 5.73 Å². The third-order valence-electron chi connectivity index (χ3n) is 2.33. The molecule has 17 heavy (non-hydrogen) atoms. The van der Waals surface area contributed by atoms with Gasteiger partial charge in [0.2, 0.25) is 0 Å². The van der Waals surface area contributed by atoms with Gasteiger partial charge in [0.25, 0.3) is 0 Å². The van der Waals surface area contributed by atoms with Crippen LogP contribution in [0.3, 0.4) is 0 Å². The largest absolute Gasteiger partial charge is 0.399 e. The maximum Gasteiger partial charge on any atom is 0.133 e. The number of hydrogen-bond donors (Lipinski definition) is 1. The van der Waals surface area contributed by atoms with E-state index >= 15 is 0 Å². The first-order valence-corrected chi connectivity index (χ1v) is 4.86. The molecule has 0 fully saturated rings. The van der Waals surface area contributed by atoms with Crippen molar-refractivity contribution in [3.8, 4) is 17.2 Å². The van der Waals surface area contributed by atoms with Gasteiger partial charge in [-0.05, 0) is 42.0 Å². The molecule has 84 valence electrons. The second-order valence-corrected chi connectivity index (χ2v) is 3.58. The van der Waals surface area contributed by atoms with E-state index in [9.17, 15) is 8.78 Å². The molecule has 2 aromatic carbocycles. The molecular weight excluding hydrogens is 222 g/mol. The van der Waals surface area contributed by atoms with Crippen LogP contribution in [-0.4, -0.2) is 0 Å². The van der Waals surface area contributed by atoms with Crippen LogP contribution in [0.25, 0.3) is 11.1 Å². The zero-order valence-electron chi connectivity index (χ0n) is 8.74. The first kappa shape index (κ1) is 11.1. The summed E-state index contributed by atoms with van der Waals surface area (Å²) in [7, 11) is 0. The predicted octanol–water partition coefficient (Wildman–Crippen LogP) is 3.09. The van der Waals surface area contributed by atoms with E-state index in [0.29, 0.717) is 11.3 Å². The van der Waals surface area contributed by atoms with E-state index in [1.54, 1.807) is 0 Å². The molecule has 0 aliphatic rings. The molecule has 0 aromatic heterocycles. The second-order valence-electron chi connectivity index (χ2n) is 3.58. The summed E-state index contributed by atoms with van der Waals surface area (Å²) in [4.78, 5) is 0. The molecule has 0 radical (unpaired) electrons. The lowest BCUT2D eigenvalue weighted by Crippen LogP contribution is -1.91. The van der Waals surface area contributed by atoms with Crippen LogP contribution in [0.4, 0.5) is 14.5 Å². The quantitative estimate of drug-likeness (QED) is 0.765. The van der Waals surface area contributed by atoms with E-state index < -0.39 is 11.6 Å². The van der Waals surface area contributed by atoms with Crippen molar-refractivity contribution in [2.24, 2.45) is 0 Å². The standard InChI is InChI=1S/C13H8F2N2/c14-10-4-8(7-16)3-9(5-10)12-2-1-11(17)6-13(12)15/h1-6H,17H2. The lowest BCUT2D eigenvalue weighted by atomic mass is 10.0. The van der Waals surface area contributed by atoms with Crippen LogP contribution in [0.1, 0.15) is 5.56 Å². The molecule has 2 N–H and O–H groups in total. The van der Waals surface area contributed by atoms with E-state index in [-0.39, 0.29) is 11.1 Å². The molecule has 2 rings (SSSR count). The van der Waals surface area contributed by atoms with Crippen molar-refractivity contribution in [3.05, 3.63) is 53.6 Å². The highest BCUT2D eigenvalue weighted by Gasteiger charge is 2.08. The van der Waals surface area contributed by atoms with Gasteiger partial charge in [0.1, 0.15) is 11.6 Å². The SMILES string of the molecule is N#Cc1cc(F)cc(-c2ccc(N)cc2F)c1. The Morgan fingerprint density at radius 2 is 1.82 bits per heavy atom. The summed E-state index contributed by atoms with van der Waals surface area (Å²) in [5.41, 5.74) is 6.41. The van der Waals surface area contributed by atoms with Crippen molar-refractivity contribution >= 4 is 5.69 Å². The maximum absolute atomic E-state index is 13.6. The fourth-order valence-corrected chi connectivity index (χ4v) is 1.58. The molecule has 0 heterocycles. The van der Waals surface area contributed by atoms with E-state index in [0.717, 1.165) is 12.1 Å². The van der Waals surface area contributed by atoms with Crippen LogP contribution < -0.4 is 5.73 Å². The average Bonchev–Trinajstić information content (AvgIpc) is 2.28. The van der Waals surface area contributed by atoms with Gasteiger partial charge in [-0.15, -0.1) is 0 Å². The minimum atomic E-state index is -0.574. The zero-order chi connectivity index (χ0) is 12.4. The van der Waals surface area contributed by atoms with Crippen LogP contribution in [-0.2, 0) is 0 Å². The van der Waals surface area contributed by atoms with Gasteiger partial charge in [-0.25, -0.2) is 8.78 Å². The average molecular weight is 230 g/mol. The van der Waals surface area contributed by atoms with Gasteiger partial charge in [0.15, 0.2) is 0 Å². The van der Waals surface area contributed by atoms with Gasteiger partial charge in [0.05, 0.1) is 11.6 Å². The Hall–Kier alpha value is -2.41. The highest BCUT2D eigenvalue weighted by Crippen LogP contribution is 2.26. The van der Waals surface area contributed by atoms with E-state index in [2.05, 4.69) is 0 Å². The van der Waals surface area contributed by atoms with E-state index in [1.165, 1.54) is 24.3 Å². The van der Waals surface area contributed by atoms with Crippen molar-refractivity contribution in [1.29, 1.82) is 5.26 Å². The van der Waals surface area contributed by atoms with Gasteiger partial charge >= 0.3 is 0 Å². The van der Waals surface area contributed by atoms with Gasteiger partial charge in [-0.2, -0.15) is 5.26 Å². The Morgan fingerprint density at radius 1 is 1.06 bits per heavy atom. The molecule has 0 bridgehead atoms. The molecular formula is C13H8F2N2. The first-order chi connectivity index (χ1) is 8.10. The topological polar surface area (TPSA) is 49.8 Å². The number of nitrogens with zero attached hydrogens (tertiary/aromatic N) is 1. The van der Waals surface area contributed by atoms with Crippen LogP contribution in [0, 0.1) is 23.0 Å². The Balaban J connectivity index is 2.61. The monoisotopic (exact) mass is 230 g/mol. The van der Waals surface area contributed by atoms with Gasteiger partial charge in [-0.1, -0.05) is 0 Å². The predicted molar refractivity (Wildman–Crippen MR) is 60.9 cm³/mol. The summed E-state index contributed by atoms with van der Waals surface area (Å²) in [5, 5.41) is 8.72. The zero-order valence-corrected chi connectivity index (χ0v) is 8.74. The Bertz CT molecular complexity index is 615. The molecule has 0 aliphatic heterocycles. The van der Waals surface area contributed by atoms with Crippen molar-refractivity contribution < 1.29 is 8.78 Å². The molecule has 4 heteroatoms. The summed E-state index contributed by atoms with van der Waals surface area (Å²) < 4.78 is 26.8. The molecule has 2 aromatic rings. The highest BCUT2D eigenvalue weighted by atomic mass is 19.1. The minimum absolute atomic E-state index is 0.149. The first-order valence-electron chi connectivity index (χ1n) is 4.86. The number of hydrogen-bond acceptors (Lipinski definition) is 2. The Labute approximate surface area is 96.9 Å². The number of nitrogen functional groups attached to an aromatic ring is 1. The lowest BCUT2D eigenvalue weighted by Gasteiger charge is -2.05. The summed E-state index contributed by atoms with van der Waals surface area (Å²) in [6.07, 6.45) is 0.